The Bertz CT molecular complexity index is 419. The van der Waals surface area contributed by atoms with Crippen LogP contribution in [-0.4, -0.2) is 17.8 Å². The van der Waals surface area contributed by atoms with E-state index in [1.165, 1.54) is 5.56 Å². The van der Waals surface area contributed by atoms with Crippen LogP contribution in [0.3, 0.4) is 0 Å². The molecule has 0 aromatic heterocycles. The van der Waals surface area contributed by atoms with Crippen LogP contribution in [0.2, 0.25) is 0 Å². The Morgan fingerprint density at radius 1 is 1.50 bits per heavy atom. The zero-order valence-electron chi connectivity index (χ0n) is 9.04. The van der Waals surface area contributed by atoms with Gasteiger partial charge in [-0.3, -0.25) is 4.79 Å². The summed E-state index contributed by atoms with van der Waals surface area (Å²) in [5, 5.41) is 0.888. The van der Waals surface area contributed by atoms with Crippen LogP contribution in [0.15, 0.2) is 22.7 Å². The fraction of sp³-hybridized carbons (Fsp3) is 0.417. The molecule has 86 valence electrons. The highest BCUT2D eigenvalue weighted by Gasteiger charge is 2.30. The van der Waals surface area contributed by atoms with Gasteiger partial charge in [0.25, 0.3) is 0 Å². The molecule has 1 atom stereocenters. The molecule has 1 aromatic rings. The predicted octanol–water partition coefficient (Wildman–Crippen LogP) is 3.51. The van der Waals surface area contributed by atoms with Crippen LogP contribution in [-0.2, 0) is 4.79 Å². The van der Waals surface area contributed by atoms with E-state index in [-0.39, 0.29) is 5.91 Å². The Balaban J connectivity index is 2.30. The molecule has 1 saturated heterocycles. The van der Waals surface area contributed by atoms with E-state index in [0.717, 1.165) is 22.0 Å². The number of amides is 1. The summed E-state index contributed by atoms with van der Waals surface area (Å²) in [5.74, 6) is 0.649. The van der Waals surface area contributed by atoms with E-state index in [1.807, 2.05) is 24.0 Å². The quantitative estimate of drug-likeness (QED) is 0.750. The average molecular weight is 347 g/mol. The number of nitrogens with zero attached hydrogens (tertiary/aromatic N) is 1. The largest absolute Gasteiger partial charge is 0.311 e. The van der Waals surface area contributed by atoms with Gasteiger partial charge in [0.2, 0.25) is 5.91 Å². The van der Waals surface area contributed by atoms with Crippen molar-refractivity contribution in [1.82, 2.24) is 0 Å². The lowest BCUT2D eigenvalue weighted by molar-refractivity contribution is -0.117. The van der Waals surface area contributed by atoms with Crippen molar-refractivity contribution in [2.45, 2.75) is 13.3 Å². The summed E-state index contributed by atoms with van der Waals surface area (Å²) in [6.07, 6.45) is 0.644. The average Bonchev–Trinajstić information content (AvgIpc) is 2.63. The number of carbonyl (C=O) groups excluding carboxylic acids is 1. The Morgan fingerprint density at radius 3 is 2.88 bits per heavy atom. The second kappa shape index (κ2) is 4.88. The molecule has 2 rings (SSSR count). The van der Waals surface area contributed by atoms with Gasteiger partial charge in [-0.1, -0.05) is 22.0 Å². The molecule has 1 unspecified atom stereocenters. The van der Waals surface area contributed by atoms with Crippen LogP contribution < -0.4 is 4.90 Å². The number of alkyl halides is 1. The molecule has 0 radical (unpaired) electrons. The molecule has 1 aliphatic heterocycles. The SMILES string of the molecule is Cc1ccc(Br)c(N2CC(CBr)CC2=O)c1. The number of hydrogen-bond acceptors (Lipinski definition) is 1. The standard InChI is InChI=1S/C12H13Br2NO/c1-8-2-3-10(14)11(4-8)15-7-9(6-13)5-12(15)16/h2-4,9H,5-7H2,1H3. The maximum atomic E-state index is 11.9. The molecule has 0 saturated carbocycles. The maximum Gasteiger partial charge on any atom is 0.227 e. The van der Waals surface area contributed by atoms with Crippen LogP contribution in [0.4, 0.5) is 5.69 Å². The van der Waals surface area contributed by atoms with Crippen molar-refractivity contribution in [3.8, 4) is 0 Å². The van der Waals surface area contributed by atoms with E-state index >= 15 is 0 Å². The third-order valence-corrected chi connectivity index (χ3v) is 4.40. The van der Waals surface area contributed by atoms with Crippen molar-refractivity contribution in [3.63, 3.8) is 0 Å². The van der Waals surface area contributed by atoms with Crippen molar-refractivity contribution in [2.24, 2.45) is 5.92 Å². The monoisotopic (exact) mass is 345 g/mol. The van der Waals surface area contributed by atoms with Crippen LogP contribution in [0.1, 0.15) is 12.0 Å². The molecule has 0 N–H and O–H groups in total. The summed E-state index contributed by atoms with van der Waals surface area (Å²) in [6.45, 7) is 2.85. The molecule has 0 bridgehead atoms. The highest BCUT2D eigenvalue weighted by atomic mass is 79.9. The van der Waals surface area contributed by atoms with E-state index in [4.69, 9.17) is 0 Å². The van der Waals surface area contributed by atoms with Gasteiger partial charge in [-0.15, -0.1) is 0 Å². The zero-order valence-corrected chi connectivity index (χ0v) is 12.2. The number of halogens is 2. The Labute approximate surface area is 112 Å². The van der Waals surface area contributed by atoms with E-state index in [2.05, 4.69) is 37.9 Å². The van der Waals surface area contributed by atoms with Gasteiger partial charge in [-0.05, 0) is 46.5 Å². The topological polar surface area (TPSA) is 20.3 Å². The molecule has 1 amide bonds. The number of anilines is 1. The van der Waals surface area contributed by atoms with E-state index in [9.17, 15) is 4.79 Å². The lowest BCUT2D eigenvalue weighted by Gasteiger charge is -2.18. The Kier molecular flexibility index (Phi) is 3.70. The molecule has 1 aromatic carbocycles. The van der Waals surface area contributed by atoms with Crippen molar-refractivity contribution >= 4 is 43.5 Å². The molecule has 4 heteroatoms. The predicted molar refractivity (Wildman–Crippen MR) is 73.1 cm³/mol. The van der Waals surface area contributed by atoms with Crippen LogP contribution in [0.5, 0.6) is 0 Å². The van der Waals surface area contributed by atoms with E-state index in [1.54, 1.807) is 0 Å². The lowest BCUT2D eigenvalue weighted by atomic mass is 10.2. The minimum Gasteiger partial charge on any atom is -0.311 e. The number of aryl methyl sites for hydroxylation is 1. The zero-order chi connectivity index (χ0) is 11.7. The highest BCUT2D eigenvalue weighted by molar-refractivity contribution is 9.10. The first-order valence-electron chi connectivity index (χ1n) is 5.24. The normalized spacial score (nSPS) is 20.6. The van der Waals surface area contributed by atoms with Gasteiger partial charge >= 0.3 is 0 Å². The Morgan fingerprint density at radius 2 is 2.25 bits per heavy atom. The van der Waals surface area contributed by atoms with E-state index in [0.29, 0.717) is 12.3 Å². The molecule has 2 nitrogen and oxygen atoms in total. The summed E-state index contributed by atoms with van der Waals surface area (Å²) in [5.41, 5.74) is 2.17. The summed E-state index contributed by atoms with van der Waals surface area (Å²) in [7, 11) is 0. The van der Waals surface area contributed by atoms with Gasteiger partial charge in [-0.25, -0.2) is 0 Å². The van der Waals surface area contributed by atoms with Gasteiger partial charge in [-0.2, -0.15) is 0 Å². The minimum absolute atomic E-state index is 0.218. The first kappa shape index (κ1) is 12.1. The second-order valence-electron chi connectivity index (χ2n) is 4.18. The molecular weight excluding hydrogens is 334 g/mol. The van der Waals surface area contributed by atoms with Crippen molar-refractivity contribution < 1.29 is 4.79 Å². The fourth-order valence-corrected chi connectivity index (χ4v) is 2.84. The summed E-state index contributed by atoms with van der Waals surface area (Å²) < 4.78 is 0.988. The Hall–Kier alpha value is -0.350. The maximum absolute atomic E-state index is 11.9. The number of hydrogen-bond donors (Lipinski definition) is 0. The molecule has 1 aliphatic rings. The van der Waals surface area contributed by atoms with Gasteiger partial charge in [0.05, 0.1) is 5.69 Å². The molecule has 1 fully saturated rings. The first-order chi connectivity index (χ1) is 7.61. The first-order valence-corrected chi connectivity index (χ1v) is 7.15. The number of rotatable bonds is 2. The smallest absolute Gasteiger partial charge is 0.227 e. The number of benzene rings is 1. The molecule has 0 spiro atoms. The van der Waals surface area contributed by atoms with Crippen molar-refractivity contribution in [1.29, 1.82) is 0 Å². The van der Waals surface area contributed by atoms with Crippen molar-refractivity contribution in [3.05, 3.63) is 28.2 Å². The van der Waals surface area contributed by atoms with Crippen LogP contribution in [0.25, 0.3) is 0 Å². The molecule has 16 heavy (non-hydrogen) atoms. The third kappa shape index (κ3) is 2.33. The van der Waals surface area contributed by atoms with Crippen LogP contribution in [0, 0.1) is 12.8 Å². The molecule has 0 aliphatic carbocycles. The van der Waals surface area contributed by atoms with Gasteiger partial charge in [0, 0.05) is 22.8 Å². The summed E-state index contributed by atoms with van der Waals surface area (Å²) >= 11 is 6.95. The van der Waals surface area contributed by atoms with Crippen LogP contribution >= 0.6 is 31.9 Å². The summed E-state index contributed by atoms with van der Waals surface area (Å²) in [4.78, 5) is 13.8. The fourth-order valence-electron chi connectivity index (χ4n) is 1.95. The lowest BCUT2D eigenvalue weighted by Crippen LogP contribution is -2.25. The molecular formula is C12H13Br2NO. The van der Waals surface area contributed by atoms with E-state index < -0.39 is 0 Å². The second-order valence-corrected chi connectivity index (χ2v) is 5.69. The minimum atomic E-state index is 0.218. The third-order valence-electron chi connectivity index (χ3n) is 2.82. The molecule has 1 heterocycles. The number of carbonyl (C=O) groups is 1. The summed E-state index contributed by atoms with van der Waals surface area (Å²) in [6, 6.07) is 6.09. The van der Waals surface area contributed by atoms with Crippen molar-refractivity contribution in [2.75, 3.05) is 16.8 Å². The van der Waals surface area contributed by atoms with Gasteiger partial charge < -0.3 is 4.90 Å². The van der Waals surface area contributed by atoms with Gasteiger partial charge in [0.1, 0.15) is 0 Å². The van der Waals surface area contributed by atoms with Gasteiger partial charge in [0.15, 0.2) is 0 Å². The highest BCUT2D eigenvalue weighted by Crippen LogP contribution is 2.32.